The quantitative estimate of drug-likeness (QED) is 0.714. The molecule has 1 amide bonds. The van der Waals surface area contributed by atoms with E-state index in [0.29, 0.717) is 16.9 Å². The molecule has 1 aromatic carbocycles. The van der Waals surface area contributed by atoms with Gasteiger partial charge in [-0.25, -0.2) is 9.18 Å². The van der Waals surface area contributed by atoms with Gasteiger partial charge in [0.05, 0.1) is 0 Å². The van der Waals surface area contributed by atoms with Crippen molar-refractivity contribution in [3.63, 3.8) is 0 Å². The normalized spacial score (nSPS) is 10.8. The van der Waals surface area contributed by atoms with E-state index in [1.54, 1.807) is 39.1 Å². The van der Waals surface area contributed by atoms with Crippen LogP contribution in [-0.2, 0) is 6.54 Å². The second-order valence-corrected chi connectivity index (χ2v) is 6.75. The molecular formula is C21H21FN4O3. The number of pyridine rings is 1. The van der Waals surface area contributed by atoms with Crippen molar-refractivity contribution in [3.05, 3.63) is 91.8 Å². The Balaban J connectivity index is 1.81. The minimum absolute atomic E-state index is 0.00271. The summed E-state index contributed by atoms with van der Waals surface area (Å²) in [5, 5.41) is 2.69. The van der Waals surface area contributed by atoms with Crippen LogP contribution in [0, 0.1) is 26.6 Å². The fourth-order valence-corrected chi connectivity index (χ4v) is 3.12. The van der Waals surface area contributed by atoms with Gasteiger partial charge in [-0.3, -0.25) is 18.7 Å². The largest absolute Gasteiger partial charge is 0.350 e. The summed E-state index contributed by atoms with van der Waals surface area (Å²) in [6.45, 7) is 5.60. The Bertz CT molecular complexity index is 1180. The van der Waals surface area contributed by atoms with Crippen LogP contribution in [0.4, 0.5) is 4.39 Å². The van der Waals surface area contributed by atoms with Gasteiger partial charge in [-0.2, -0.15) is 4.98 Å². The molecule has 0 saturated heterocycles. The van der Waals surface area contributed by atoms with Crippen LogP contribution in [0.1, 0.15) is 27.3 Å². The first kappa shape index (κ1) is 20.2. The van der Waals surface area contributed by atoms with E-state index in [2.05, 4.69) is 10.3 Å². The number of hydrogen-bond donors (Lipinski definition) is 1. The molecule has 29 heavy (non-hydrogen) atoms. The molecule has 150 valence electrons. The minimum atomic E-state index is -0.533. The molecule has 0 unspecified atom stereocenters. The van der Waals surface area contributed by atoms with Gasteiger partial charge in [-0.05, 0) is 62.7 Å². The van der Waals surface area contributed by atoms with Crippen LogP contribution in [0.25, 0.3) is 5.69 Å². The molecule has 0 aliphatic heterocycles. The third kappa shape index (κ3) is 4.31. The molecule has 3 rings (SSSR count). The first-order valence-electron chi connectivity index (χ1n) is 9.09. The van der Waals surface area contributed by atoms with E-state index in [1.165, 1.54) is 33.4 Å². The molecule has 1 N–H and O–H groups in total. The van der Waals surface area contributed by atoms with Crippen molar-refractivity contribution in [2.45, 2.75) is 27.3 Å². The lowest BCUT2D eigenvalue weighted by atomic mass is 10.1. The number of aryl methyl sites for hydroxylation is 3. The smallest absolute Gasteiger partial charge is 0.348 e. The Morgan fingerprint density at radius 1 is 1.10 bits per heavy atom. The summed E-state index contributed by atoms with van der Waals surface area (Å²) in [4.78, 5) is 41.4. The highest BCUT2D eigenvalue weighted by Crippen LogP contribution is 2.09. The fourth-order valence-electron chi connectivity index (χ4n) is 3.12. The van der Waals surface area contributed by atoms with Gasteiger partial charge in [0.25, 0.3) is 11.5 Å². The van der Waals surface area contributed by atoms with Crippen LogP contribution in [0.15, 0.2) is 52.2 Å². The zero-order valence-electron chi connectivity index (χ0n) is 16.4. The van der Waals surface area contributed by atoms with Crippen molar-refractivity contribution in [2.75, 3.05) is 6.54 Å². The Morgan fingerprint density at radius 2 is 1.79 bits per heavy atom. The Hall–Kier alpha value is -3.55. The van der Waals surface area contributed by atoms with Gasteiger partial charge < -0.3 is 5.32 Å². The van der Waals surface area contributed by atoms with Crippen molar-refractivity contribution >= 4 is 5.91 Å². The van der Waals surface area contributed by atoms with E-state index in [1.807, 2.05) is 0 Å². The molecule has 7 nitrogen and oxygen atoms in total. The zero-order chi connectivity index (χ0) is 21.1. The minimum Gasteiger partial charge on any atom is -0.350 e. The number of carbonyl (C=O) groups is 1. The number of nitrogens with zero attached hydrogens (tertiary/aromatic N) is 3. The number of carbonyl (C=O) groups excluding carboxylic acids is 1. The van der Waals surface area contributed by atoms with E-state index < -0.39 is 17.3 Å². The van der Waals surface area contributed by atoms with E-state index in [4.69, 9.17) is 0 Å². The fraction of sp³-hybridized carbons (Fsp3) is 0.238. The summed E-state index contributed by atoms with van der Waals surface area (Å²) >= 11 is 0. The van der Waals surface area contributed by atoms with Crippen molar-refractivity contribution in [1.29, 1.82) is 0 Å². The average molecular weight is 396 g/mol. The predicted octanol–water partition coefficient (Wildman–Crippen LogP) is 1.89. The molecule has 0 aliphatic rings. The molecule has 2 aromatic heterocycles. The van der Waals surface area contributed by atoms with E-state index in [9.17, 15) is 18.8 Å². The van der Waals surface area contributed by atoms with Crippen LogP contribution in [0.2, 0.25) is 0 Å². The number of aromatic nitrogens is 3. The number of rotatable bonds is 5. The summed E-state index contributed by atoms with van der Waals surface area (Å²) in [6, 6.07) is 8.86. The lowest BCUT2D eigenvalue weighted by Crippen LogP contribution is -2.37. The molecule has 0 spiro atoms. The SMILES string of the molecule is Cc1cc(C)n(CCNC(=O)c2c(C)ccn(-c3ccc(F)cc3)c2=O)c(=O)n1. The number of nitrogens with one attached hydrogen (secondary N) is 1. The summed E-state index contributed by atoms with van der Waals surface area (Å²) < 4.78 is 15.9. The lowest BCUT2D eigenvalue weighted by molar-refractivity contribution is 0.0949. The van der Waals surface area contributed by atoms with Crippen LogP contribution in [-0.4, -0.2) is 26.6 Å². The number of benzene rings is 1. The third-order valence-electron chi connectivity index (χ3n) is 4.60. The van der Waals surface area contributed by atoms with Gasteiger partial charge in [-0.15, -0.1) is 0 Å². The van der Waals surface area contributed by atoms with Gasteiger partial charge in [0.15, 0.2) is 0 Å². The van der Waals surface area contributed by atoms with Crippen LogP contribution >= 0.6 is 0 Å². The first-order valence-corrected chi connectivity index (χ1v) is 9.09. The second kappa shape index (κ2) is 8.22. The van der Waals surface area contributed by atoms with Crippen molar-refractivity contribution in [3.8, 4) is 5.69 Å². The maximum Gasteiger partial charge on any atom is 0.348 e. The molecule has 0 atom stereocenters. The molecule has 2 heterocycles. The molecule has 8 heteroatoms. The standard InChI is InChI=1S/C21H21FN4O3/c1-13-8-10-26(17-6-4-16(22)5-7-17)20(28)18(13)19(27)23-9-11-25-15(3)12-14(2)24-21(25)29/h4-8,10,12H,9,11H2,1-3H3,(H,23,27). The maximum atomic E-state index is 13.2. The van der Waals surface area contributed by atoms with Gasteiger partial charge in [-0.1, -0.05) is 0 Å². The predicted molar refractivity (Wildman–Crippen MR) is 107 cm³/mol. The monoisotopic (exact) mass is 396 g/mol. The van der Waals surface area contributed by atoms with Crippen molar-refractivity contribution in [2.24, 2.45) is 0 Å². The van der Waals surface area contributed by atoms with Crippen molar-refractivity contribution < 1.29 is 9.18 Å². The van der Waals surface area contributed by atoms with Gasteiger partial charge in [0.1, 0.15) is 11.4 Å². The van der Waals surface area contributed by atoms with Gasteiger partial charge in [0, 0.05) is 36.4 Å². The van der Waals surface area contributed by atoms with Crippen LogP contribution < -0.4 is 16.6 Å². The molecule has 0 saturated carbocycles. The van der Waals surface area contributed by atoms with E-state index in [0.717, 1.165) is 5.69 Å². The molecule has 0 bridgehead atoms. The van der Waals surface area contributed by atoms with Crippen LogP contribution in [0.3, 0.4) is 0 Å². The lowest BCUT2D eigenvalue weighted by Gasteiger charge is -2.13. The summed E-state index contributed by atoms with van der Waals surface area (Å²) in [6.07, 6.45) is 1.54. The molecule has 0 aliphatic carbocycles. The topological polar surface area (TPSA) is 86.0 Å². The first-order chi connectivity index (χ1) is 13.8. The maximum absolute atomic E-state index is 13.2. The van der Waals surface area contributed by atoms with E-state index in [-0.39, 0.29) is 24.3 Å². The highest BCUT2D eigenvalue weighted by molar-refractivity contribution is 5.95. The Morgan fingerprint density at radius 3 is 2.45 bits per heavy atom. The third-order valence-corrected chi connectivity index (χ3v) is 4.60. The molecule has 0 radical (unpaired) electrons. The van der Waals surface area contributed by atoms with Crippen molar-refractivity contribution in [1.82, 2.24) is 19.4 Å². The van der Waals surface area contributed by atoms with Gasteiger partial charge in [0.2, 0.25) is 0 Å². The highest BCUT2D eigenvalue weighted by Gasteiger charge is 2.16. The van der Waals surface area contributed by atoms with E-state index >= 15 is 0 Å². The summed E-state index contributed by atoms with van der Waals surface area (Å²) in [7, 11) is 0. The summed E-state index contributed by atoms with van der Waals surface area (Å²) in [5.74, 6) is -0.947. The zero-order valence-corrected chi connectivity index (χ0v) is 16.4. The molecular weight excluding hydrogens is 375 g/mol. The summed E-state index contributed by atoms with van der Waals surface area (Å²) in [5.41, 5.74) is 1.48. The Labute approximate surface area is 166 Å². The Kier molecular flexibility index (Phi) is 5.72. The van der Waals surface area contributed by atoms with Crippen LogP contribution in [0.5, 0.6) is 0 Å². The number of halogens is 1. The molecule has 3 aromatic rings. The number of amides is 1. The highest BCUT2D eigenvalue weighted by atomic mass is 19.1. The average Bonchev–Trinajstić information content (AvgIpc) is 2.65. The number of hydrogen-bond acceptors (Lipinski definition) is 4. The second-order valence-electron chi connectivity index (χ2n) is 6.75. The van der Waals surface area contributed by atoms with Gasteiger partial charge >= 0.3 is 5.69 Å². The molecule has 0 fully saturated rings.